The van der Waals surface area contributed by atoms with Crippen molar-refractivity contribution in [3.05, 3.63) is 70.0 Å². The van der Waals surface area contributed by atoms with Gasteiger partial charge in [0, 0.05) is 24.4 Å². The Morgan fingerprint density at radius 3 is 2.79 bits per heavy atom. The SMILES string of the molecule is O=C(CSc1nnc(CCc2nc3ccccc3s2)o1)NCc1ccccc1Cl. The molecule has 1 amide bonds. The molecule has 148 valence electrons. The van der Waals surface area contributed by atoms with Gasteiger partial charge in [-0.15, -0.1) is 21.5 Å². The van der Waals surface area contributed by atoms with E-state index in [0.717, 1.165) is 22.5 Å². The maximum absolute atomic E-state index is 12.0. The van der Waals surface area contributed by atoms with Gasteiger partial charge in [0.25, 0.3) is 5.22 Å². The first-order chi connectivity index (χ1) is 14.2. The van der Waals surface area contributed by atoms with Crippen molar-refractivity contribution in [2.45, 2.75) is 24.6 Å². The summed E-state index contributed by atoms with van der Waals surface area (Å²) in [7, 11) is 0. The van der Waals surface area contributed by atoms with Gasteiger partial charge in [-0.2, -0.15) is 0 Å². The van der Waals surface area contributed by atoms with Gasteiger partial charge in [0.2, 0.25) is 11.8 Å². The number of hydrogen-bond donors (Lipinski definition) is 1. The second-order valence-corrected chi connectivity index (χ2v) is 8.64. The first-order valence-corrected chi connectivity index (χ1v) is 11.1. The third-order valence-electron chi connectivity index (χ3n) is 4.10. The molecule has 0 radical (unpaired) electrons. The van der Waals surface area contributed by atoms with E-state index in [1.807, 2.05) is 36.4 Å². The summed E-state index contributed by atoms with van der Waals surface area (Å²) in [5, 5.41) is 13.0. The molecule has 0 aliphatic heterocycles. The fourth-order valence-corrected chi connectivity index (χ4v) is 4.43. The zero-order valence-electron chi connectivity index (χ0n) is 15.3. The number of para-hydroxylation sites is 1. The van der Waals surface area contributed by atoms with Crippen molar-refractivity contribution in [2.75, 3.05) is 5.75 Å². The second kappa shape index (κ2) is 9.39. The van der Waals surface area contributed by atoms with Gasteiger partial charge in [-0.3, -0.25) is 4.79 Å². The lowest BCUT2D eigenvalue weighted by Gasteiger charge is -2.05. The lowest BCUT2D eigenvalue weighted by Crippen LogP contribution is -2.24. The summed E-state index contributed by atoms with van der Waals surface area (Å²) in [6.45, 7) is 0.385. The highest BCUT2D eigenvalue weighted by atomic mass is 35.5. The smallest absolute Gasteiger partial charge is 0.277 e. The van der Waals surface area contributed by atoms with Gasteiger partial charge >= 0.3 is 0 Å². The van der Waals surface area contributed by atoms with Crippen LogP contribution in [0, 0.1) is 0 Å². The average Bonchev–Trinajstić information content (AvgIpc) is 3.36. The molecule has 29 heavy (non-hydrogen) atoms. The molecule has 6 nitrogen and oxygen atoms in total. The zero-order chi connectivity index (χ0) is 20.1. The Morgan fingerprint density at radius 1 is 1.10 bits per heavy atom. The summed E-state index contributed by atoms with van der Waals surface area (Å²) in [6, 6.07) is 15.5. The summed E-state index contributed by atoms with van der Waals surface area (Å²) in [4.78, 5) is 16.6. The monoisotopic (exact) mass is 444 g/mol. The van der Waals surface area contributed by atoms with Crippen molar-refractivity contribution < 1.29 is 9.21 Å². The number of halogens is 1. The molecule has 0 aliphatic rings. The van der Waals surface area contributed by atoms with Crippen LogP contribution in [0.1, 0.15) is 16.5 Å². The van der Waals surface area contributed by atoms with Crippen LogP contribution in [0.4, 0.5) is 0 Å². The van der Waals surface area contributed by atoms with E-state index in [0.29, 0.717) is 29.1 Å². The number of aromatic nitrogens is 3. The van der Waals surface area contributed by atoms with Crippen LogP contribution in [0.5, 0.6) is 0 Å². The molecule has 9 heteroatoms. The number of amides is 1. The first-order valence-electron chi connectivity index (χ1n) is 8.97. The number of benzene rings is 2. The van der Waals surface area contributed by atoms with E-state index in [9.17, 15) is 4.79 Å². The number of aryl methyl sites for hydroxylation is 2. The molecule has 0 bridgehead atoms. The average molecular weight is 445 g/mol. The Labute approximate surface area is 180 Å². The number of hydrogen-bond acceptors (Lipinski definition) is 7. The van der Waals surface area contributed by atoms with Gasteiger partial charge in [-0.05, 0) is 23.8 Å². The maximum Gasteiger partial charge on any atom is 0.277 e. The van der Waals surface area contributed by atoms with Crippen LogP contribution in [0.25, 0.3) is 10.2 Å². The van der Waals surface area contributed by atoms with E-state index >= 15 is 0 Å². The molecule has 2 heterocycles. The molecule has 0 atom stereocenters. The number of rotatable bonds is 8. The lowest BCUT2D eigenvalue weighted by atomic mass is 10.2. The van der Waals surface area contributed by atoms with Crippen LogP contribution in [0.3, 0.4) is 0 Å². The minimum atomic E-state index is -0.121. The van der Waals surface area contributed by atoms with Crippen LogP contribution in [-0.4, -0.2) is 26.8 Å². The van der Waals surface area contributed by atoms with E-state index in [1.165, 1.54) is 16.5 Å². The number of fused-ring (bicyclic) bond motifs is 1. The minimum absolute atomic E-state index is 0.121. The van der Waals surface area contributed by atoms with Gasteiger partial charge in [0.1, 0.15) is 0 Å². The summed E-state index contributed by atoms with van der Waals surface area (Å²) < 4.78 is 6.80. The van der Waals surface area contributed by atoms with Gasteiger partial charge in [-0.1, -0.05) is 53.7 Å². The largest absolute Gasteiger partial charge is 0.416 e. The van der Waals surface area contributed by atoms with Gasteiger partial charge < -0.3 is 9.73 Å². The molecule has 1 N–H and O–H groups in total. The van der Waals surface area contributed by atoms with Crippen molar-refractivity contribution >= 4 is 50.8 Å². The molecule has 4 aromatic rings. The molecule has 0 saturated carbocycles. The van der Waals surface area contributed by atoms with Crippen molar-refractivity contribution in [2.24, 2.45) is 0 Å². The second-order valence-electron chi connectivity index (χ2n) is 6.19. The van der Waals surface area contributed by atoms with Crippen molar-refractivity contribution in [1.82, 2.24) is 20.5 Å². The predicted octanol–water partition coefficient (Wildman–Crippen LogP) is 4.53. The van der Waals surface area contributed by atoms with Crippen molar-refractivity contribution in [3.63, 3.8) is 0 Å². The molecule has 0 aliphatic carbocycles. The molecule has 0 unspecified atom stereocenters. The number of nitrogens with zero attached hydrogens (tertiary/aromatic N) is 3. The van der Waals surface area contributed by atoms with E-state index < -0.39 is 0 Å². The topological polar surface area (TPSA) is 80.9 Å². The summed E-state index contributed by atoms with van der Waals surface area (Å²) in [5.41, 5.74) is 1.89. The standard InChI is InChI=1S/C20H17ClN4O2S2/c21-14-6-2-1-5-13(14)11-22-17(26)12-28-20-25-24-18(27-20)9-10-19-23-15-7-3-4-8-16(15)29-19/h1-8H,9-12H2,(H,22,26). The quantitative estimate of drug-likeness (QED) is 0.402. The van der Waals surface area contributed by atoms with Crippen LogP contribution in [0.15, 0.2) is 58.2 Å². The number of thiazole rings is 1. The molecular formula is C20H17ClN4O2S2. The maximum atomic E-state index is 12.0. The first kappa shape index (κ1) is 19.9. The van der Waals surface area contributed by atoms with Crippen molar-refractivity contribution in [3.8, 4) is 0 Å². The Balaban J connectivity index is 1.23. The summed E-state index contributed by atoms with van der Waals surface area (Å²) >= 11 is 8.98. The molecule has 4 rings (SSSR count). The third-order valence-corrected chi connectivity index (χ3v) is 6.38. The van der Waals surface area contributed by atoms with E-state index in [2.05, 4.69) is 26.6 Å². The molecule has 0 spiro atoms. The van der Waals surface area contributed by atoms with E-state index in [4.69, 9.17) is 16.0 Å². The summed E-state index contributed by atoms with van der Waals surface area (Å²) in [6.07, 6.45) is 1.36. The Hall–Kier alpha value is -2.42. The van der Waals surface area contributed by atoms with Crippen LogP contribution < -0.4 is 5.32 Å². The molecule has 0 saturated heterocycles. The van der Waals surface area contributed by atoms with Crippen molar-refractivity contribution in [1.29, 1.82) is 0 Å². The fourth-order valence-electron chi connectivity index (χ4n) is 2.65. The third kappa shape index (κ3) is 5.35. The normalized spacial score (nSPS) is 11.1. The lowest BCUT2D eigenvalue weighted by molar-refractivity contribution is -0.118. The summed E-state index contributed by atoms with van der Waals surface area (Å²) in [5.74, 6) is 0.622. The number of nitrogens with one attached hydrogen (secondary N) is 1. The van der Waals surface area contributed by atoms with Gasteiger partial charge in [0.15, 0.2) is 0 Å². The Kier molecular flexibility index (Phi) is 6.43. The van der Waals surface area contributed by atoms with Gasteiger partial charge in [0.05, 0.1) is 21.0 Å². The van der Waals surface area contributed by atoms with Crippen LogP contribution >= 0.6 is 34.7 Å². The Bertz CT molecular complexity index is 1100. The molecule has 2 aromatic heterocycles. The molecular weight excluding hydrogens is 428 g/mol. The molecule has 2 aromatic carbocycles. The predicted molar refractivity (Wildman–Crippen MR) is 115 cm³/mol. The highest BCUT2D eigenvalue weighted by Gasteiger charge is 2.11. The van der Waals surface area contributed by atoms with Gasteiger partial charge in [-0.25, -0.2) is 4.98 Å². The highest BCUT2D eigenvalue weighted by Crippen LogP contribution is 2.23. The van der Waals surface area contributed by atoms with E-state index in [1.54, 1.807) is 17.4 Å². The molecule has 0 fully saturated rings. The fraction of sp³-hybridized carbons (Fsp3) is 0.200. The zero-order valence-corrected chi connectivity index (χ0v) is 17.7. The minimum Gasteiger partial charge on any atom is -0.416 e. The number of thioether (sulfide) groups is 1. The number of carbonyl (C=O) groups is 1. The van der Waals surface area contributed by atoms with Crippen LogP contribution in [-0.2, 0) is 24.2 Å². The van der Waals surface area contributed by atoms with E-state index in [-0.39, 0.29) is 11.7 Å². The Morgan fingerprint density at radius 2 is 1.93 bits per heavy atom. The highest BCUT2D eigenvalue weighted by molar-refractivity contribution is 7.99. The van der Waals surface area contributed by atoms with Crippen LogP contribution in [0.2, 0.25) is 5.02 Å². The number of carbonyl (C=O) groups excluding carboxylic acids is 1.